The quantitative estimate of drug-likeness (QED) is 0.228. The summed E-state index contributed by atoms with van der Waals surface area (Å²) in [4.78, 5) is 0. The van der Waals surface area contributed by atoms with Gasteiger partial charge in [0.05, 0.1) is 0 Å². The van der Waals surface area contributed by atoms with Gasteiger partial charge in [-0.25, -0.2) is 0 Å². The molecule has 0 amide bonds. The minimum atomic E-state index is -1.39. The van der Waals surface area contributed by atoms with Crippen molar-refractivity contribution in [2.75, 3.05) is 0 Å². The van der Waals surface area contributed by atoms with Gasteiger partial charge in [0, 0.05) is 27.1 Å². The normalized spacial score (nSPS) is 12.1. The number of rotatable bonds is 0. The molecule has 2 aromatic heterocycles. The molecule has 0 unspecified atom stereocenters. The van der Waals surface area contributed by atoms with Gasteiger partial charge in [-0.15, -0.1) is 5.54 Å². The average Bonchev–Trinajstić information content (AvgIpc) is 3.14. The SMILES string of the molecule is C[Si](C)(C)C#Cc1ccc2c(c1)oc1cc3c(cc12)oc1ccccc13. The predicted octanol–water partition coefficient (Wildman–Crippen LogP) is 6.71. The van der Waals surface area contributed by atoms with Gasteiger partial charge in [-0.3, -0.25) is 0 Å². The van der Waals surface area contributed by atoms with Gasteiger partial charge >= 0.3 is 0 Å². The summed E-state index contributed by atoms with van der Waals surface area (Å²) in [7, 11) is -1.39. The standard InChI is InChI=1S/C23H18O2Si/c1-26(2,3)11-10-15-8-9-17-19-14-22-18(13-23(19)25-21(17)12-15)16-6-4-5-7-20(16)24-22/h4-9,12-14H,1-3H3. The maximum atomic E-state index is 6.15. The van der Waals surface area contributed by atoms with Gasteiger partial charge in [0.15, 0.2) is 0 Å². The number of para-hydroxylation sites is 1. The van der Waals surface area contributed by atoms with Crippen LogP contribution in [0.4, 0.5) is 0 Å². The molecule has 2 heterocycles. The molecule has 0 aliphatic carbocycles. The van der Waals surface area contributed by atoms with Gasteiger partial charge in [0.2, 0.25) is 0 Å². The van der Waals surface area contributed by atoms with Crippen LogP contribution < -0.4 is 0 Å². The summed E-state index contributed by atoms with van der Waals surface area (Å²) in [5.74, 6) is 3.31. The Kier molecular flexibility index (Phi) is 3.10. The van der Waals surface area contributed by atoms with Gasteiger partial charge in [-0.1, -0.05) is 43.8 Å². The molecule has 0 bridgehead atoms. The number of hydrogen-bond acceptors (Lipinski definition) is 2. The van der Waals surface area contributed by atoms with Gasteiger partial charge < -0.3 is 8.83 Å². The van der Waals surface area contributed by atoms with E-state index in [1.807, 2.05) is 24.3 Å². The van der Waals surface area contributed by atoms with Crippen molar-refractivity contribution < 1.29 is 8.83 Å². The second-order valence-electron chi connectivity index (χ2n) is 7.76. The van der Waals surface area contributed by atoms with Crippen LogP contribution in [0.2, 0.25) is 19.6 Å². The van der Waals surface area contributed by atoms with E-state index in [9.17, 15) is 0 Å². The lowest BCUT2D eigenvalue weighted by Gasteiger charge is -2.03. The van der Waals surface area contributed by atoms with Crippen LogP contribution in [0.3, 0.4) is 0 Å². The van der Waals surface area contributed by atoms with Crippen LogP contribution in [-0.2, 0) is 0 Å². The van der Waals surface area contributed by atoms with Crippen molar-refractivity contribution in [3.05, 3.63) is 60.2 Å². The Hall–Kier alpha value is -2.96. The van der Waals surface area contributed by atoms with Crippen LogP contribution in [0, 0.1) is 11.5 Å². The molecule has 0 aliphatic rings. The first kappa shape index (κ1) is 15.3. The smallest absolute Gasteiger partial charge is 0.136 e. The molecular formula is C23H18O2Si. The van der Waals surface area contributed by atoms with E-state index >= 15 is 0 Å². The molecule has 0 N–H and O–H groups in total. The van der Waals surface area contributed by atoms with Gasteiger partial charge in [-0.05, 0) is 36.4 Å². The van der Waals surface area contributed by atoms with E-state index in [0.29, 0.717) is 0 Å². The van der Waals surface area contributed by atoms with Gasteiger partial charge in [0.25, 0.3) is 0 Å². The fourth-order valence-corrected chi connectivity index (χ4v) is 3.85. The summed E-state index contributed by atoms with van der Waals surface area (Å²) in [6, 6.07) is 18.5. The summed E-state index contributed by atoms with van der Waals surface area (Å²) < 4.78 is 12.2. The molecule has 0 spiro atoms. The number of hydrogen-bond donors (Lipinski definition) is 0. The molecule has 0 aliphatic heterocycles. The molecule has 0 radical (unpaired) electrons. The summed E-state index contributed by atoms with van der Waals surface area (Å²) in [6.07, 6.45) is 0. The lowest BCUT2D eigenvalue weighted by molar-refractivity contribution is 0.664. The fraction of sp³-hybridized carbons (Fsp3) is 0.130. The third-order valence-electron chi connectivity index (χ3n) is 4.55. The topological polar surface area (TPSA) is 26.3 Å². The average molecular weight is 354 g/mol. The maximum Gasteiger partial charge on any atom is 0.136 e. The predicted molar refractivity (Wildman–Crippen MR) is 111 cm³/mol. The minimum absolute atomic E-state index is 0.874. The molecular weight excluding hydrogens is 336 g/mol. The highest BCUT2D eigenvalue weighted by molar-refractivity contribution is 6.83. The lowest BCUT2D eigenvalue weighted by Crippen LogP contribution is -2.16. The van der Waals surface area contributed by atoms with Crippen molar-refractivity contribution in [1.82, 2.24) is 0 Å². The fourth-order valence-electron chi connectivity index (χ4n) is 3.33. The molecule has 26 heavy (non-hydrogen) atoms. The number of furan rings is 2. The Morgan fingerprint density at radius 3 is 2.00 bits per heavy atom. The summed E-state index contributed by atoms with van der Waals surface area (Å²) >= 11 is 0. The molecule has 2 nitrogen and oxygen atoms in total. The zero-order valence-electron chi connectivity index (χ0n) is 15.0. The molecule has 126 valence electrons. The maximum absolute atomic E-state index is 6.15. The van der Waals surface area contributed by atoms with Crippen molar-refractivity contribution in [3.8, 4) is 11.5 Å². The second kappa shape index (κ2) is 5.27. The number of fused-ring (bicyclic) bond motifs is 6. The summed E-state index contributed by atoms with van der Waals surface area (Å²) in [6.45, 7) is 6.75. The van der Waals surface area contributed by atoms with Crippen LogP contribution in [0.1, 0.15) is 5.56 Å². The molecule has 5 rings (SSSR count). The number of benzene rings is 3. The first-order valence-electron chi connectivity index (χ1n) is 8.79. The second-order valence-corrected chi connectivity index (χ2v) is 12.5. The van der Waals surface area contributed by atoms with Crippen LogP contribution in [0.15, 0.2) is 63.4 Å². The van der Waals surface area contributed by atoms with E-state index in [-0.39, 0.29) is 0 Å². The first-order chi connectivity index (χ1) is 12.5. The molecule has 0 saturated heterocycles. The van der Waals surface area contributed by atoms with Crippen LogP contribution in [0.5, 0.6) is 0 Å². The highest BCUT2D eigenvalue weighted by atomic mass is 28.3. The minimum Gasteiger partial charge on any atom is -0.456 e. The molecule has 0 fully saturated rings. The largest absolute Gasteiger partial charge is 0.456 e. The van der Waals surface area contributed by atoms with E-state index in [1.165, 1.54) is 0 Å². The van der Waals surface area contributed by atoms with Gasteiger partial charge in [-0.2, -0.15) is 0 Å². The Labute approximate surface area is 152 Å². The van der Waals surface area contributed by atoms with Crippen LogP contribution in [0.25, 0.3) is 43.9 Å². The van der Waals surface area contributed by atoms with E-state index in [2.05, 4.69) is 61.4 Å². The highest BCUT2D eigenvalue weighted by Crippen LogP contribution is 2.36. The first-order valence-corrected chi connectivity index (χ1v) is 12.3. The van der Waals surface area contributed by atoms with Crippen molar-refractivity contribution >= 4 is 52.0 Å². The van der Waals surface area contributed by atoms with Crippen molar-refractivity contribution in [3.63, 3.8) is 0 Å². The Bertz CT molecular complexity index is 1370. The molecule has 0 saturated carbocycles. The van der Waals surface area contributed by atoms with Crippen molar-refractivity contribution in [2.24, 2.45) is 0 Å². The summed E-state index contributed by atoms with van der Waals surface area (Å²) in [5, 5.41) is 4.38. The summed E-state index contributed by atoms with van der Waals surface area (Å²) in [5.41, 5.74) is 7.98. The van der Waals surface area contributed by atoms with Crippen molar-refractivity contribution in [2.45, 2.75) is 19.6 Å². The van der Waals surface area contributed by atoms with Gasteiger partial charge in [0.1, 0.15) is 30.4 Å². The third-order valence-corrected chi connectivity index (χ3v) is 5.43. The van der Waals surface area contributed by atoms with E-state index in [4.69, 9.17) is 8.83 Å². The third kappa shape index (κ3) is 2.42. The molecule has 3 aromatic carbocycles. The van der Waals surface area contributed by atoms with Crippen LogP contribution in [-0.4, -0.2) is 8.07 Å². The van der Waals surface area contributed by atoms with Crippen LogP contribution >= 0.6 is 0 Å². The molecule has 0 atom stereocenters. The zero-order valence-corrected chi connectivity index (χ0v) is 16.0. The zero-order chi connectivity index (χ0) is 17.9. The van der Waals surface area contributed by atoms with E-state index in [0.717, 1.165) is 49.4 Å². The molecule has 5 aromatic rings. The Balaban J connectivity index is 1.75. The van der Waals surface area contributed by atoms with E-state index < -0.39 is 8.07 Å². The monoisotopic (exact) mass is 354 g/mol. The highest BCUT2D eigenvalue weighted by Gasteiger charge is 2.13. The lowest BCUT2D eigenvalue weighted by atomic mass is 10.1. The van der Waals surface area contributed by atoms with Crippen molar-refractivity contribution in [1.29, 1.82) is 0 Å². The van der Waals surface area contributed by atoms with E-state index in [1.54, 1.807) is 0 Å². The Morgan fingerprint density at radius 2 is 1.27 bits per heavy atom. The Morgan fingerprint density at radius 1 is 0.654 bits per heavy atom. The molecule has 3 heteroatoms.